The minimum Gasteiger partial charge on any atom is -0.298 e. The zero-order chi connectivity index (χ0) is 13.0. The van der Waals surface area contributed by atoms with E-state index in [1.807, 2.05) is 35.7 Å². The normalized spacial score (nSPS) is 10.6. The van der Waals surface area contributed by atoms with Gasteiger partial charge in [-0.15, -0.1) is 23.1 Å². The van der Waals surface area contributed by atoms with Gasteiger partial charge in [-0.2, -0.15) is 0 Å². The monoisotopic (exact) mass is 404 g/mol. The molecule has 94 valence electrons. The van der Waals surface area contributed by atoms with Gasteiger partial charge in [-0.1, -0.05) is 12.1 Å². The Bertz CT molecular complexity index is 551. The molecule has 0 bridgehead atoms. The Labute approximate surface area is 131 Å². The largest absolute Gasteiger partial charge is 0.298 e. The van der Waals surface area contributed by atoms with Crippen LogP contribution in [-0.4, -0.2) is 11.5 Å². The first-order valence-corrected chi connectivity index (χ1v) is 8.72. The molecule has 1 aromatic carbocycles. The van der Waals surface area contributed by atoms with Gasteiger partial charge in [0.25, 0.3) is 0 Å². The van der Waals surface area contributed by atoms with Crippen LogP contribution >= 0.6 is 55.0 Å². The predicted molar refractivity (Wildman–Crippen MR) is 85.6 cm³/mol. The van der Waals surface area contributed by atoms with Crippen molar-refractivity contribution in [2.75, 3.05) is 5.75 Å². The first kappa shape index (κ1) is 14.3. The van der Waals surface area contributed by atoms with Crippen LogP contribution in [0.25, 0.3) is 0 Å². The molecular weight excluding hydrogens is 396 g/mol. The summed E-state index contributed by atoms with van der Waals surface area (Å²) in [6, 6.07) is 9.96. The molecule has 2 aromatic rings. The molecule has 0 saturated heterocycles. The van der Waals surface area contributed by atoms with Crippen LogP contribution in [0, 0.1) is 0 Å². The Kier molecular flexibility index (Phi) is 5.48. The molecule has 0 fully saturated rings. The standard InChI is InChI=1S/C13H10Br2OS2/c14-9-5-11(17-7-9)6-10(16)8-18-13-4-2-1-3-12(13)15/h1-5,7H,6,8H2. The molecule has 0 spiro atoms. The molecule has 5 heteroatoms. The lowest BCUT2D eigenvalue weighted by Crippen LogP contribution is -2.04. The molecule has 0 amide bonds. The second kappa shape index (κ2) is 6.89. The van der Waals surface area contributed by atoms with Crippen molar-refractivity contribution >= 4 is 60.7 Å². The van der Waals surface area contributed by atoms with Gasteiger partial charge in [0.2, 0.25) is 0 Å². The van der Waals surface area contributed by atoms with E-state index >= 15 is 0 Å². The quantitative estimate of drug-likeness (QED) is 0.637. The number of hydrogen-bond acceptors (Lipinski definition) is 3. The van der Waals surface area contributed by atoms with Gasteiger partial charge in [0.15, 0.2) is 0 Å². The van der Waals surface area contributed by atoms with Crippen LogP contribution in [-0.2, 0) is 11.2 Å². The molecule has 1 heterocycles. The van der Waals surface area contributed by atoms with Crippen LogP contribution in [0.1, 0.15) is 4.88 Å². The molecule has 2 rings (SSSR count). The summed E-state index contributed by atoms with van der Waals surface area (Å²) in [7, 11) is 0. The van der Waals surface area contributed by atoms with Crippen LogP contribution in [0.3, 0.4) is 0 Å². The van der Waals surface area contributed by atoms with Gasteiger partial charge < -0.3 is 0 Å². The van der Waals surface area contributed by atoms with Crippen molar-refractivity contribution in [2.45, 2.75) is 11.3 Å². The molecule has 0 unspecified atom stereocenters. The van der Waals surface area contributed by atoms with Crippen molar-refractivity contribution in [3.63, 3.8) is 0 Å². The minimum absolute atomic E-state index is 0.255. The molecule has 0 N–H and O–H groups in total. The van der Waals surface area contributed by atoms with Gasteiger partial charge in [0.1, 0.15) is 5.78 Å². The lowest BCUT2D eigenvalue weighted by Gasteiger charge is -2.02. The number of halogens is 2. The third-order valence-electron chi connectivity index (χ3n) is 2.22. The lowest BCUT2D eigenvalue weighted by molar-refractivity contribution is -0.115. The highest BCUT2D eigenvalue weighted by Crippen LogP contribution is 2.27. The van der Waals surface area contributed by atoms with E-state index in [4.69, 9.17) is 0 Å². The molecule has 0 aliphatic rings. The number of Topliss-reactive ketones (excluding diaryl/α,β-unsaturated/α-hetero) is 1. The van der Waals surface area contributed by atoms with E-state index in [9.17, 15) is 4.79 Å². The third-order valence-corrected chi connectivity index (χ3v) is 6.00. The predicted octanol–water partition coefficient (Wildman–Crippen LogP) is 5.18. The Morgan fingerprint density at radius 1 is 1.28 bits per heavy atom. The van der Waals surface area contributed by atoms with Gasteiger partial charge in [-0.25, -0.2) is 0 Å². The molecular formula is C13H10Br2OS2. The Morgan fingerprint density at radius 3 is 2.72 bits per heavy atom. The number of ketones is 1. The van der Waals surface area contributed by atoms with Crippen molar-refractivity contribution < 1.29 is 4.79 Å². The van der Waals surface area contributed by atoms with Crippen molar-refractivity contribution in [3.8, 4) is 0 Å². The van der Waals surface area contributed by atoms with E-state index in [0.29, 0.717) is 12.2 Å². The van der Waals surface area contributed by atoms with E-state index in [1.165, 1.54) is 0 Å². The molecule has 0 saturated carbocycles. The van der Waals surface area contributed by atoms with Gasteiger partial charge >= 0.3 is 0 Å². The average molecular weight is 406 g/mol. The highest BCUT2D eigenvalue weighted by Gasteiger charge is 2.08. The van der Waals surface area contributed by atoms with Crippen molar-refractivity contribution in [2.24, 2.45) is 0 Å². The zero-order valence-corrected chi connectivity index (χ0v) is 14.2. The summed E-state index contributed by atoms with van der Waals surface area (Å²) in [4.78, 5) is 14.1. The number of thiophene rings is 1. The molecule has 0 radical (unpaired) electrons. The fourth-order valence-electron chi connectivity index (χ4n) is 1.41. The summed E-state index contributed by atoms with van der Waals surface area (Å²) >= 11 is 10.1. The number of rotatable bonds is 5. The van der Waals surface area contributed by atoms with Crippen molar-refractivity contribution in [3.05, 3.63) is 49.5 Å². The van der Waals surface area contributed by atoms with Crippen LogP contribution in [0.15, 0.2) is 49.6 Å². The second-order valence-corrected chi connectivity index (χ2v) is 7.45. The highest BCUT2D eigenvalue weighted by atomic mass is 79.9. The van der Waals surface area contributed by atoms with Crippen LogP contribution in [0.5, 0.6) is 0 Å². The first-order chi connectivity index (χ1) is 8.65. The summed E-state index contributed by atoms with van der Waals surface area (Å²) in [6.45, 7) is 0. The first-order valence-electron chi connectivity index (χ1n) is 5.27. The maximum absolute atomic E-state index is 11.9. The van der Waals surface area contributed by atoms with E-state index in [2.05, 4.69) is 31.9 Å². The minimum atomic E-state index is 0.255. The Morgan fingerprint density at radius 2 is 2.06 bits per heavy atom. The van der Waals surface area contributed by atoms with Gasteiger partial charge in [-0.05, 0) is 50.1 Å². The maximum atomic E-state index is 11.9. The summed E-state index contributed by atoms with van der Waals surface area (Å²) in [5, 5.41) is 2.00. The average Bonchev–Trinajstić information content (AvgIpc) is 2.74. The van der Waals surface area contributed by atoms with Crippen LogP contribution in [0.4, 0.5) is 0 Å². The van der Waals surface area contributed by atoms with Crippen LogP contribution in [0.2, 0.25) is 0 Å². The summed E-state index contributed by atoms with van der Waals surface area (Å²) in [6.07, 6.45) is 0.522. The third kappa shape index (κ3) is 4.23. The molecule has 0 aliphatic carbocycles. The fraction of sp³-hybridized carbons (Fsp3) is 0.154. The Balaban J connectivity index is 1.87. The van der Waals surface area contributed by atoms with Gasteiger partial charge in [-0.3, -0.25) is 4.79 Å². The molecule has 0 atom stereocenters. The smallest absolute Gasteiger partial charge is 0.148 e. The van der Waals surface area contributed by atoms with Gasteiger partial charge in [0, 0.05) is 30.5 Å². The van der Waals surface area contributed by atoms with E-state index in [1.54, 1.807) is 23.1 Å². The molecule has 18 heavy (non-hydrogen) atoms. The summed E-state index contributed by atoms with van der Waals surface area (Å²) < 4.78 is 2.09. The molecule has 1 nitrogen and oxygen atoms in total. The van der Waals surface area contributed by atoms with E-state index in [0.717, 1.165) is 18.7 Å². The number of benzene rings is 1. The number of carbonyl (C=O) groups excluding carboxylic acids is 1. The topological polar surface area (TPSA) is 17.1 Å². The maximum Gasteiger partial charge on any atom is 0.148 e. The SMILES string of the molecule is O=C(CSc1ccccc1Br)Cc1cc(Br)cs1. The lowest BCUT2D eigenvalue weighted by atomic mass is 10.3. The van der Waals surface area contributed by atoms with Gasteiger partial charge in [0.05, 0.1) is 5.75 Å². The van der Waals surface area contributed by atoms with E-state index < -0.39 is 0 Å². The number of thioether (sulfide) groups is 1. The number of hydrogen-bond donors (Lipinski definition) is 0. The highest BCUT2D eigenvalue weighted by molar-refractivity contribution is 9.10. The summed E-state index contributed by atoms with van der Waals surface area (Å²) in [5.41, 5.74) is 0. The fourth-order valence-corrected chi connectivity index (χ4v) is 4.32. The second-order valence-electron chi connectivity index (χ2n) is 3.67. The number of carbonyl (C=O) groups is 1. The Hall–Kier alpha value is -0.100. The van der Waals surface area contributed by atoms with Crippen LogP contribution < -0.4 is 0 Å². The van der Waals surface area contributed by atoms with Crippen molar-refractivity contribution in [1.29, 1.82) is 0 Å². The summed E-state index contributed by atoms with van der Waals surface area (Å²) in [5.74, 6) is 0.767. The zero-order valence-electron chi connectivity index (χ0n) is 9.36. The van der Waals surface area contributed by atoms with E-state index in [-0.39, 0.29) is 5.78 Å². The van der Waals surface area contributed by atoms with Crippen molar-refractivity contribution in [1.82, 2.24) is 0 Å². The molecule has 1 aromatic heterocycles. The molecule has 0 aliphatic heterocycles.